The van der Waals surface area contributed by atoms with Gasteiger partial charge in [0.15, 0.2) is 5.78 Å². The van der Waals surface area contributed by atoms with E-state index in [0.717, 1.165) is 46.1 Å². The van der Waals surface area contributed by atoms with Gasteiger partial charge >= 0.3 is 0 Å². The molecule has 162 valence electrons. The van der Waals surface area contributed by atoms with Crippen molar-refractivity contribution >= 4 is 17.2 Å². The first kappa shape index (κ1) is 20.3. The Hall–Kier alpha value is -3.60. The summed E-state index contributed by atoms with van der Waals surface area (Å²) in [6.45, 7) is 4.03. The third-order valence-corrected chi connectivity index (χ3v) is 6.02. The predicted molar refractivity (Wildman–Crippen MR) is 127 cm³/mol. The molecule has 2 atom stereocenters. The average molecular weight is 426 g/mol. The van der Waals surface area contributed by atoms with Gasteiger partial charge in [0.05, 0.1) is 29.2 Å². The lowest BCUT2D eigenvalue weighted by Crippen LogP contribution is -2.27. The maximum atomic E-state index is 13.5. The van der Waals surface area contributed by atoms with E-state index in [1.165, 1.54) is 0 Å². The summed E-state index contributed by atoms with van der Waals surface area (Å²) in [4.78, 5) is 18.1. The first-order valence-electron chi connectivity index (χ1n) is 11.1. The van der Waals surface area contributed by atoms with Crippen LogP contribution in [0.5, 0.6) is 5.75 Å². The van der Waals surface area contributed by atoms with E-state index in [2.05, 4.69) is 27.8 Å². The molecule has 1 aromatic heterocycles. The Bertz CT molecular complexity index is 1150. The Balaban J connectivity index is 1.51. The van der Waals surface area contributed by atoms with Crippen LogP contribution in [0.3, 0.4) is 0 Å². The first-order valence-corrected chi connectivity index (χ1v) is 11.1. The van der Waals surface area contributed by atoms with Gasteiger partial charge < -0.3 is 15.4 Å². The van der Waals surface area contributed by atoms with Crippen molar-refractivity contribution in [1.29, 1.82) is 0 Å². The monoisotopic (exact) mass is 425 g/mol. The Morgan fingerprint density at radius 2 is 1.69 bits per heavy atom. The fourth-order valence-electron chi connectivity index (χ4n) is 4.59. The fourth-order valence-corrected chi connectivity index (χ4v) is 4.59. The van der Waals surface area contributed by atoms with Crippen LogP contribution in [0.2, 0.25) is 0 Å². The zero-order valence-corrected chi connectivity index (χ0v) is 18.3. The van der Waals surface area contributed by atoms with Crippen LogP contribution < -0.4 is 15.4 Å². The van der Waals surface area contributed by atoms with Crippen molar-refractivity contribution in [3.05, 3.63) is 95.5 Å². The summed E-state index contributed by atoms with van der Waals surface area (Å²) in [6, 6.07) is 21.8. The summed E-state index contributed by atoms with van der Waals surface area (Å²) in [7, 11) is 0. The van der Waals surface area contributed by atoms with Gasteiger partial charge in [-0.1, -0.05) is 30.3 Å². The van der Waals surface area contributed by atoms with Crippen molar-refractivity contribution in [3.63, 3.8) is 0 Å². The van der Waals surface area contributed by atoms with Gasteiger partial charge in [0.25, 0.3) is 0 Å². The fraction of sp³-hybridized carbons (Fsp3) is 0.259. The summed E-state index contributed by atoms with van der Waals surface area (Å²) in [5.74, 6) is 1.13. The van der Waals surface area contributed by atoms with Gasteiger partial charge in [0, 0.05) is 23.9 Å². The van der Waals surface area contributed by atoms with Crippen LogP contribution in [0.4, 0.5) is 11.4 Å². The summed E-state index contributed by atoms with van der Waals surface area (Å²) < 4.78 is 5.78. The van der Waals surface area contributed by atoms with Gasteiger partial charge in [-0.2, -0.15) is 0 Å². The number of anilines is 2. The number of Topliss-reactive ketones (excluding diaryl/α,β-unsaturated/α-hetero) is 1. The summed E-state index contributed by atoms with van der Waals surface area (Å²) in [6.07, 6.45) is 3.16. The van der Waals surface area contributed by atoms with Crippen molar-refractivity contribution < 1.29 is 9.53 Å². The number of hydrogen-bond acceptors (Lipinski definition) is 5. The minimum atomic E-state index is -0.280. The van der Waals surface area contributed by atoms with E-state index < -0.39 is 0 Å². The molecule has 0 spiro atoms. The molecule has 5 nitrogen and oxygen atoms in total. The van der Waals surface area contributed by atoms with Crippen molar-refractivity contribution in [1.82, 2.24) is 4.98 Å². The van der Waals surface area contributed by atoms with Crippen LogP contribution in [0.25, 0.3) is 0 Å². The Morgan fingerprint density at radius 3 is 2.41 bits per heavy atom. The molecular formula is C27H27N3O2. The number of ketones is 1. The number of nitrogens with one attached hydrogen (secondary N) is 2. The van der Waals surface area contributed by atoms with Crippen LogP contribution in [-0.2, 0) is 4.79 Å². The predicted octanol–water partition coefficient (Wildman–Crippen LogP) is 5.85. The van der Waals surface area contributed by atoms with Crippen molar-refractivity contribution in [3.8, 4) is 5.75 Å². The molecule has 2 N–H and O–H groups in total. The molecule has 0 saturated carbocycles. The smallest absolute Gasteiger partial charge is 0.163 e. The van der Waals surface area contributed by atoms with Crippen LogP contribution >= 0.6 is 0 Å². The number of carbonyl (C=O) groups is 1. The lowest BCUT2D eigenvalue weighted by Gasteiger charge is -2.29. The number of benzene rings is 2. The van der Waals surface area contributed by atoms with Crippen LogP contribution in [-0.4, -0.2) is 16.9 Å². The van der Waals surface area contributed by atoms with Gasteiger partial charge in [-0.25, -0.2) is 0 Å². The molecule has 2 aliphatic rings. The van der Waals surface area contributed by atoms with Crippen molar-refractivity contribution in [2.45, 2.75) is 44.8 Å². The third kappa shape index (κ3) is 3.98. The number of allylic oxidation sites excluding steroid dienone is 1. The van der Waals surface area contributed by atoms with E-state index in [-0.39, 0.29) is 23.8 Å². The molecule has 2 aromatic carbocycles. The molecule has 2 heterocycles. The molecule has 3 aromatic rings. The summed E-state index contributed by atoms with van der Waals surface area (Å²) >= 11 is 0. The van der Waals surface area contributed by atoms with Crippen molar-refractivity contribution in [2.24, 2.45) is 0 Å². The molecule has 1 aliphatic carbocycles. The van der Waals surface area contributed by atoms with Gasteiger partial charge in [0.1, 0.15) is 5.75 Å². The number of pyridine rings is 1. The molecule has 5 rings (SSSR count). The van der Waals surface area contributed by atoms with E-state index in [1.54, 1.807) is 6.20 Å². The maximum Gasteiger partial charge on any atom is 0.163 e. The van der Waals surface area contributed by atoms with Gasteiger partial charge in [-0.15, -0.1) is 0 Å². The van der Waals surface area contributed by atoms with Gasteiger partial charge in [0.2, 0.25) is 0 Å². The van der Waals surface area contributed by atoms with Crippen LogP contribution in [0.15, 0.2) is 84.2 Å². The molecule has 0 bridgehead atoms. The number of hydrogen-bond donors (Lipinski definition) is 2. The highest BCUT2D eigenvalue weighted by Gasteiger charge is 2.36. The lowest BCUT2D eigenvalue weighted by atomic mass is 9.79. The zero-order valence-electron chi connectivity index (χ0n) is 18.3. The second kappa shape index (κ2) is 8.50. The molecule has 0 unspecified atom stereocenters. The molecule has 0 radical (unpaired) electrons. The second-order valence-electron chi connectivity index (χ2n) is 8.66. The number of para-hydroxylation sites is 2. The van der Waals surface area contributed by atoms with E-state index in [9.17, 15) is 4.79 Å². The standard InChI is InChI=1S/C27H27N3O2/c1-17(2)32-20-12-10-18(11-13-20)19-15-24-26(25(31)16-19)27(23-9-5-6-14-28-23)30-22-8-4-3-7-21(22)29-24/h3-14,17,19,27,29-30H,15-16H2,1-2H3/t19-,27-/m1/s1. The highest BCUT2D eigenvalue weighted by atomic mass is 16.5. The molecule has 5 heteroatoms. The van der Waals surface area contributed by atoms with E-state index in [0.29, 0.717) is 6.42 Å². The Kier molecular flexibility index (Phi) is 5.39. The highest BCUT2D eigenvalue weighted by molar-refractivity contribution is 6.01. The lowest BCUT2D eigenvalue weighted by molar-refractivity contribution is -0.116. The molecule has 32 heavy (non-hydrogen) atoms. The van der Waals surface area contributed by atoms with Crippen LogP contribution in [0.1, 0.15) is 49.9 Å². The Morgan fingerprint density at radius 1 is 0.938 bits per heavy atom. The number of rotatable bonds is 4. The van der Waals surface area contributed by atoms with E-state index in [1.807, 2.05) is 68.4 Å². The summed E-state index contributed by atoms with van der Waals surface area (Å²) in [5.41, 5.74) is 5.71. The maximum absolute atomic E-state index is 13.5. The number of fused-ring (bicyclic) bond motifs is 1. The molecule has 1 aliphatic heterocycles. The topological polar surface area (TPSA) is 63.2 Å². The largest absolute Gasteiger partial charge is 0.491 e. The van der Waals surface area contributed by atoms with Gasteiger partial charge in [-0.3, -0.25) is 9.78 Å². The van der Waals surface area contributed by atoms with E-state index in [4.69, 9.17) is 4.74 Å². The van der Waals surface area contributed by atoms with Crippen molar-refractivity contribution in [2.75, 3.05) is 10.6 Å². The van der Waals surface area contributed by atoms with E-state index >= 15 is 0 Å². The number of carbonyl (C=O) groups excluding carboxylic acids is 1. The average Bonchev–Trinajstić information content (AvgIpc) is 2.96. The molecule has 0 fully saturated rings. The normalized spacial score (nSPS) is 20.0. The Labute approximate surface area is 188 Å². The highest BCUT2D eigenvalue weighted by Crippen LogP contribution is 2.43. The molecular weight excluding hydrogens is 398 g/mol. The first-order chi connectivity index (χ1) is 15.6. The van der Waals surface area contributed by atoms with Crippen LogP contribution in [0, 0.1) is 0 Å². The zero-order chi connectivity index (χ0) is 22.1. The molecule has 0 saturated heterocycles. The summed E-state index contributed by atoms with van der Waals surface area (Å²) in [5, 5.41) is 7.14. The van der Waals surface area contributed by atoms with Gasteiger partial charge in [-0.05, 0) is 68.1 Å². The number of aromatic nitrogens is 1. The third-order valence-electron chi connectivity index (χ3n) is 6.02. The quantitative estimate of drug-likeness (QED) is 0.549. The number of ether oxygens (including phenoxy) is 1. The molecule has 0 amide bonds. The minimum Gasteiger partial charge on any atom is -0.491 e. The second-order valence-corrected chi connectivity index (χ2v) is 8.66. The SMILES string of the molecule is CC(C)Oc1ccc([C@H]2CC(=O)C3=C(C2)Nc2ccccc2N[C@@H]3c2ccccn2)cc1. The number of nitrogens with zero attached hydrogens (tertiary/aromatic N) is 1. The minimum absolute atomic E-state index is 0.122.